The minimum absolute atomic E-state index is 0.0126. The lowest BCUT2D eigenvalue weighted by molar-refractivity contribution is -0.170. The standard InChI is InChI=1S/C33H35F3N4O2/c1-8-32(6)25-17-23-26(18-27(25)39(7)30(32)41)37-20(3)38-29(23)40(21-13-10-9-11-14-21)19(2)22-15-12-16-24(28(22)34)33(35,36)31(4,5)42/h9-19,42H,8H2,1-7H3/t19-,32?/m1/s1. The number of aromatic nitrogens is 2. The highest BCUT2D eigenvalue weighted by Gasteiger charge is 2.49. The average molecular weight is 577 g/mol. The van der Waals surface area contributed by atoms with Crippen molar-refractivity contribution in [2.45, 2.75) is 70.9 Å². The van der Waals surface area contributed by atoms with Crippen molar-refractivity contribution in [3.05, 3.63) is 89.0 Å². The molecule has 1 aliphatic rings. The number of amides is 1. The second-order valence-electron chi connectivity index (χ2n) is 11.8. The van der Waals surface area contributed by atoms with Crippen LogP contribution < -0.4 is 9.80 Å². The fourth-order valence-corrected chi connectivity index (χ4v) is 5.80. The Hall–Kier alpha value is -3.98. The van der Waals surface area contributed by atoms with E-state index in [9.17, 15) is 9.90 Å². The Bertz CT molecular complexity index is 1690. The molecule has 6 nitrogen and oxygen atoms in total. The molecule has 0 radical (unpaired) electrons. The van der Waals surface area contributed by atoms with Crippen molar-refractivity contribution in [1.82, 2.24) is 9.97 Å². The quantitative estimate of drug-likeness (QED) is 0.247. The minimum atomic E-state index is -3.84. The zero-order valence-electron chi connectivity index (χ0n) is 24.8. The van der Waals surface area contributed by atoms with E-state index in [2.05, 4.69) is 4.98 Å². The van der Waals surface area contributed by atoms with Gasteiger partial charge in [-0.3, -0.25) is 4.79 Å². The molecular weight excluding hydrogens is 541 g/mol. The summed E-state index contributed by atoms with van der Waals surface area (Å²) in [6.45, 7) is 9.27. The van der Waals surface area contributed by atoms with Crippen molar-refractivity contribution in [3.63, 3.8) is 0 Å². The molecule has 0 spiro atoms. The monoisotopic (exact) mass is 576 g/mol. The molecule has 220 valence electrons. The third-order valence-electron chi connectivity index (χ3n) is 8.58. The number of hydrogen-bond acceptors (Lipinski definition) is 5. The van der Waals surface area contributed by atoms with Crippen LogP contribution in [-0.2, 0) is 16.1 Å². The summed E-state index contributed by atoms with van der Waals surface area (Å²) >= 11 is 0. The summed E-state index contributed by atoms with van der Waals surface area (Å²) in [5, 5.41) is 10.8. The van der Waals surface area contributed by atoms with Crippen LogP contribution in [0.25, 0.3) is 10.9 Å². The van der Waals surface area contributed by atoms with Crippen LogP contribution in [0.5, 0.6) is 0 Å². The number of hydrogen-bond donors (Lipinski definition) is 1. The number of rotatable bonds is 7. The first-order valence-corrected chi connectivity index (χ1v) is 14.0. The smallest absolute Gasteiger partial charge is 0.303 e. The van der Waals surface area contributed by atoms with Gasteiger partial charge in [-0.2, -0.15) is 8.78 Å². The molecule has 0 aliphatic carbocycles. The van der Waals surface area contributed by atoms with Gasteiger partial charge in [0.05, 0.1) is 22.5 Å². The van der Waals surface area contributed by atoms with Gasteiger partial charge in [0, 0.05) is 29.4 Å². The van der Waals surface area contributed by atoms with Crippen LogP contribution in [0.15, 0.2) is 60.7 Å². The molecule has 0 saturated heterocycles. The molecule has 9 heteroatoms. The number of aryl methyl sites for hydroxylation is 1. The second-order valence-corrected chi connectivity index (χ2v) is 11.8. The Morgan fingerprint density at radius 2 is 1.74 bits per heavy atom. The summed E-state index contributed by atoms with van der Waals surface area (Å²) < 4.78 is 46.5. The van der Waals surface area contributed by atoms with E-state index >= 15 is 13.2 Å². The third kappa shape index (κ3) is 4.42. The van der Waals surface area contributed by atoms with Crippen LogP contribution in [0.2, 0.25) is 0 Å². The summed E-state index contributed by atoms with van der Waals surface area (Å²) in [7, 11) is 1.75. The van der Waals surface area contributed by atoms with Gasteiger partial charge in [-0.1, -0.05) is 37.3 Å². The van der Waals surface area contributed by atoms with E-state index in [1.165, 1.54) is 12.1 Å². The lowest BCUT2D eigenvalue weighted by Crippen LogP contribution is -2.41. The molecule has 1 aromatic heterocycles. The second kappa shape index (κ2) is 10.1. The van der Waals surface area contributed by atoms with Crippen molar-refractivity contribution in [3.8, 4) is 0 Å². The van der Waals surface area contributed by atoms with Crippen LogP contribution in [0, 0.1) is 12.7 Å². The fourth-order valence-electron chi connectivity index (χ4n) is 5.80. The molecule has 1 aliphatic heterocycles. The van der Waals surface area contributed by atoms with E-state index in [0.717, 1.165) is 31.2 Å². The maximum absolute atomic E-state index is 16.1. The predicted molar refractivity (Wildman–Crippen MR) is 159 cm³/mol. The van der Waals surface area contributed by atoms with Crippen LogP contribution >= 0.6 is 0 Å². The number of anilines is 3. The Kier molecular flexibility index (Phi) is 7.08. The van der Waals surface area contributed by atoms with E-state index in [1.807, 2.05) is 56.3 Å². The van der Waals surface area contributed by atoms with Crippen molar-refractivity contribution in [2.75, 3.05) is 16.8 Å². The number of nitrogens with zero attached hydrogens (tertiary/aromatic N) is 4. The summed E-state index contributed by atoms with van der Waals surface area (Å²) in [6.07, 6.45) is 0.586. The molecule has 1 N–H and O–H groups in total. The Balaban J connectivity index is 1.78. The van der Waals surface area contributed by atoms with Gasteiger partial charge in [-0.05, 0) is 76.9 Å². The van der Waals surface area contributed by atoms with Crippen molar-refractivity contribution < 1.29 is 23.1 Å². The number of halogens is 3. The molecule has 5 rings (SSSR count). The van der Waals surface area contributed by atoms with Crippen molar-refractivity contribution >= 4 is 34.0 Å². The number of aliphatic hydroxyl groups is 1. The first-order chi connectivity index (χ1) is 19.6. The van der Waals surface area contributed by atoms with E-state index in [-0.39, 0.29) is 11.5 Å². The van der Waals surface area contributed by atoms with Crippen molar-refractivity contribution in [2.24, 2.45) is 0 Å². The number of fused-ring (bicyclic) bond motifs is 2. The molecule has 4 aromatic rings. The lowest BCUT2D eigenvalue weighted by atomic mass is 9.81. The maximum atomic E-state index is 16.1. The summed E-state index contributed by atoms with van der Waals surface area (Å²) in [6, 6.07) is 16.0. The van der Waals surface area contributed by atoms with E-state index in [0.29, 0.717) is 34.7 Å². The Labute approximate surface area is 243 Å². The van der Waals surface area contributed by atoms with Gasteiger partial charge in [0.15, 0.2) is 0 Å². The zero-order valence-corrected chi connectivity index (χ0v) is 24.8. The molecule has 2 atom stereocenters. The van der Waals surface area contributed by atoms with Crippen LogP contribution in [0.4, 0.5) is 30.4 Å². The average Bonchev–Trinajstić information content (AvgIpc) is 3.12. The third-order valence-corrected chi connectivity index (χ3v) is 8.58. The van der Waals surface area contributed by atoms with E-state index < -0.39 is 34.4 Å². The number of alkyl halides is 2. The molecule has 2 heterocycles. The molecule has 0 fully saturated rings. The Morgan fingerprint density at radius 3 is 2.36 bits per heavy atom. The topological polar surface area (TPSA) is 69.6 Å². The predicted octanol–water partition coefficient (Wildman–Crippen LogP) is 7.48. The van der Waals surface area contributed by atoms with E-state index in [4.69, 9.17) is 4.98 Å². The fraction of sp³-hybridized carbons (Fsp3) is 0.364. The van der Waals surface area contributed by atoms with Gasteiger partial charge in [0.1, 0.15) is 23.1 Å². The van der Waals surface area contributed by atoms with Crippen LogP contribution in [0.1, 0.15) is 69.6 Å². The number of para-hydroxylation sites is 1. The molecule has 3 aromatic carbocycles. The summed E-state index contributed by atoms with van der Waals surface area (Å²) in [5.41, 5.74) is -1.21. The largest absolute Gasteiger partial charge is 0.384 e. The van der Waals surface area contributed by atoms with Crippen LogP contribution in [0.3, 0.4) is 0 Å². The van der Waals surface area contributed by atoms with Gasteiger partial charge in [-0.25, -0.2) is 14.4 Å². The first-order valence-electron chi connectivity index (χ1n) is 14.0. The molecule has 42 heavy (non-hydrogen) atoms. The van der Waals surface area contributed by atoms with Crippen LogP contribution in [-0.4, -0.2) is 33.6 Å². The zero-order chi connectivity index (χ0) is 30.8. The highest BCUT2D eigenvalue weighted by molar-refractivity contribution is 6.10. The highest BCUT2D eigenvalue weighted by atomic mass is 19.3. The number of carbonyl (C=O) groups is 1. The van der Waals surface area contributed by atoms with E-state index in [1.54, 1.807) is 30.7 Å². The minimum Gasteiger partial charge on any atom is -0.384 e. The van der Waals surface area contributed by atoms with Gasteiger partial charge >= 0.3 is 5.92 Å². The van der Waals surface area contributed by atoms with Gasteiger partial charge in [-0.15, -0.1) is 0 Å². The number of benzene rings is 3. The molecule has 1 amide bonds. The number of carbonyl (C=O) groups excluding carboxylic acids is 1. The lowest BCUT2D eigenvalue weighted by Gasteiger charge is -2.34. The normalized spacial score (nSPS) is 18.0. The molecule has 0 bridgehead atoms. The molecule has 0 saturated carbocycles. The highest BCUT2D eigenvalue weighted by Crippen LogP contribution is 2.48. The summed E-state index contributed by atoms with van der Waals surface area (Å²) in [5.74, 6) is -4.04. The first kappa shape index (κ1) is 29.5. The van der Waals surface area contributed by atoms with Gasteiger partial charge in [0.2, 0.25) is 5.91 Å². The van der Waals surface area contributed by atoms with Gasteiger partial charge < -0.3 is 14.9 Å². The summed E-state index contributed by atoms with van der Waals surface area (Å²) in [4.78, 5) is 26.2. The molecular formula is C33H35F3N4O2. The maximum Gasteiger partial charge on any atom is 0.303 e. The molecule has 1 unspecified atom stereocenters. The van der Waals surface area contributed by atoms with Crippen molar-refractivity contribution in [1.29, 1.82) is 0 Å². The Morgan fingerprint density at radius 1 is 1.07 bits per heavy atom. The van der Waals surface area contributed by atoms with Gasteiger partial charge in [0.25, 0.3) is 0 Å². The SMILES string of the molecule is CCC1(C)C(=O)N(C)c2cc3nc(C)nc(N(c4ccccc4)[C@H](C)c4cccc(C(F)(F)C(C)(C)O)c4F)c3cc21. The number of likely N-dealkylation sites (N-methyl/N-ethyl adjacent to an activating group) is 1.